The molecule has 0 aliphatic carbocycles. The quantitative estimate of drug-likeness (QED) is 0.886. The fourth-order valence-corrected chi connectivity index (χ4v) is 3.12. The van der Waals surface area contributed by atoms with E-state index in [2.05, 4.69) is 25.2 Å². The monoisotopic (exact) mass is 305 g/mol. The van der Waals surface area contributed by atoms with Crippen molar-refractivity contribution in [2.75, 3.05) is 16.6 Å². The van der Waals surface area contributed by atoms with Crippen molar-refractivity contribution < 1.29 is 8.42 Å². The Morgan fingerprint density at radius 2 is 2.00 bits per heavy atom. The van der Waals surface area contributed by atoms with E-state index in [4.69, 9.17) is 0 Å². The molecule has 1 aromatic heterocycles. The SMILES string of the molecule is Cc1nnc(NS(=O)(=O)c2ccc3c(c2)CCN3)nc1C. The second kappa shape index (κ2) is 4.96. The molecular formula is C13H15N5O2S. The number of fused-ring (bicyclic) bond motifs is 1. The van der Waals surface area contributed by atoms with E-state index in [1.165, 1.54) is 0 Å². The van der Waals surface area contributed by atoms with Crippen LogP contribution in [0.2, 0.25) is 0 Å². The second-order valence-electron chi connectivity index (χ2n) is 4.91. The number of nitrogens with zero attached hydrogens (tertiary/aromatic N) is 3. The lowest BCUT2D eigenvalue weighted by molar-refractivity contribution is 0.600. The molecule has 0 fully saturated rings. The molecule has 110 valence electrons. The molecule has 2 N–H and O–H groups in total. The number of sulfonamides is 1. The van der Waals surface area contributed by atoms with Gasteiger partial charge >= 0.3 is 0 Å². The molecule has 8 heteroatoms. The van der Waals surface area contributed by atoms with Crippen LogP contribution in [0.1, 0.15) is 17.0 Å². The van der Waals surface area contributed by atoms with Crippen LogP contribution in [0, 0.1) is 13.8 Å². The number of nitrogens with one attached hydrogen (secondary N) is 2. The molecule has 0 saturated carbocycles. The Labute approximate surface area is 122 Å². The van der Waals surface area contributed by atoms with Gasteiger partial charge < -0.3 is 5.32 Å². The first-order valence-electron chi connectivity index (χ1n) is 6.53. The highest BCUT2D eigenvalue weighted by molar-refractivity contribution is 7.92. The van der Waals surface area contributed by atoms with Crippen molar-refractivity contribution in [3.8, 4) is 0 Å². The van der Waals surface area contributed by atoms with Gasteiger partial charge in [-0.25, -0.2) is 18.1 Å². The second-order valence-corrected chi connectivity index (χ2v) is 6.59. The Balaban J connectivity index is 1.91. The Morgan fingerprint density at radius 1 is 1.19 bits per heavy atom. The summed E-state index contributed by atoms with van der Waals surface area (Å²) in [5.74, 6) is -0.0169. The molecule has 0 spiro atoms. The lowest BCUT2D eigenvalue weighted by atomic mass is 10.2. The van der Waals surface area contributed by atoms with Crippen LogP contribution in [-0.4, -0.2) is 30.1 Å². The third kappa shape index (κ3) is 2.66. The standard InChI is InChI=1S/C13H15N5O2S/c1-8-9(2)16-17-13(15-8)18-21(19,20)11-3-4-12-10(7-11)5-6-14-12/h3-4,7,14H,5-6H2,1-2H3,(H,15,17,18). The van der Waals surface area contributed by atoms with Crippen molar-refractivity contribution in [2.24, 2.45) is 0 Å². The Morgan fingerprint density at radius 3 is 2.76 bits per heavy atom. The molecule has 1 aliphatic heterocycles. The Bertz CT molecular complexity index is 804. The third-order valence-electron chi connectivity index (χ3n) is 3.41. The Hall–Kier alpha value is -2.22. The summed E-state index contributed by atoms with van der Waals surface area (Å²) in [6.45, 7) is 4.35. The average Bonchev–Trinajstić information content (AvgIpc) is 2.90. The highest BCUT2D eigenvalue weighted by Gasteiger charge is 2.19. The number of hydrogen-bond acceptors (Lipinski definition) is 6. The predicted molar refractivity (Wildman–Crippen MR) is 78.7 cm³/mol. The number of hydrogen-bond donors (Lipinski definition) is 2. The summed E-state index contributed by atoms with van der Waals surface area (Å²) >= 11 is 0. The molecule has 21 heavy (non-hydrogen) atoms. The zero-order chi connectivity index (χ0) is 15.0. The largest absolute Gasteiger partial charge is 0.384 e. The maximum atomic E-state index is 12.4. The van der Waals surface area contributed by atoms with Gasteiger partial charge in [0.15, 0.2) is 0 Å². The van der Waals surface area contributed by atoms with Crippen LogP contribution in [0.25, 0.3) is 0 Å². The van der Waals surface area contributed by atoms with Gasteiger partial charge in [0.2, 0.25) is 0 Å². The highest BCUT2D eigenvalue weighted by atomic mass is 32.2. The minimum atomic E-state index is -3.71. The van der Waals surface area contributed by atoms with E-state index < -0.39 is 10.0 Å². The smallest absolute Gasteiger partial charge is 0.264 e. The van der Waals surface area contributed by atoms with Gasteiger partial charge in [-0.3, -0.25) is 0 Å². The van der Waals surface area contributed by atoms with E-state index in [1.807, 2.05) is 0 Å². The molecule has 1 aromatic carbocycles. The van der Waals surface area contributed by atoms with Crippen LogP contribution in [0.5, 0.6) is 0 Å². The van der Waals surface area contributed by atoms with E-state index >= 15 is 0 Å². The number of rotatable bonds is 3. The van der Waals surface area contributed by atoms with Gasteiger partial charge in [0, 0.05) is 12.2 Å². The zero-order valence-corrected chi connectivity index (χ0v) is 12.5. The van der Waals surface area contributed by atoms with Gasteiger partial charge in [-0.2, -0.15) is 5.10 Å². The average molecular weight is 305 g/mol. The van der Waals surface area contributed by atoms with E-state index in [-0.39, 0.29) is 10.8 Å². The topological polar surface area (TPSA) is 96.9 Å². The summed E-state index contributed by atoms with van der Waals surface area (Å²) in [4.78, 5) is 4.28. The lowest BCUT2D eigenvalue weighted by Crippen LogP contribution is -2.16. The van der Waals surface area contributed by atoms with Crippen LogP contribution in [0.15, 0.2) is 23.1 Å². The number of anilines is 2. The minimum Gasteiger partial charge on any atom is -0.384 e. The number of aryl methyl sites for hydroxylation is 2. The fourth-order valence-electron chi connectivity index (χ4n) is 2.13. The van der Waals surface area contributed by atoms with E-state index in [9.17, 15) is 8.42 Å². The molecular weight excluding hydrogens is 290 g/mol. The molecule has 2 heterocycles. The lowest BCUT2D eigenvalue weighted by Gasteiger charge is -2.08. The van der Waals surface area contributed by atoms with Gasteiger partial charge in [-0.05, 0) is 44.0 Å². The van der Waals surface area contributed by atoms with Gasteiger partial charge in [0.1, 0.15) is 0 Å². The predicted octanol–water partition coefficient (Wildman–Crippen LogP) is 1.26. The van der Waals surface area contributed by atoms with Crippen LogP contribution < -0.4 is 10.0 Å². The minimum absolute atomic E-state index is 0.0169. The highest BCUT2D eigenvalue weighted by Crippen LogP contribution is 2.25. The molecule has 0 atom stereocenters. The van der Waals surface area contributed by atoms with Crippen LogP contribution in [-0.2, 0) is 16.4 Å². The first-order chi connectivity index (χ1) is 9.95. The Kier molecular flexibility index (Phi) is 3.25. The molecule has 0 bridgehead atoms. The van der Waals surface area contributed by atoms with Crippen LogP contribution >= 0.6 is 0 Å². The van der Waals surface area contributed by atoms with Gasteiger partial charge in [-0.1, -0.05) is 0 Å². The molecule has 7 nitrogen and oxygen atoms in total. The van der Waals surface area contributed by atoms with E-state index in [0.29, 0.717) is 11.4 Å². The number of aromatic nitrogens is 3. The van der Waals surface area contributed by atoms with Gasteiger partial charge in [-0.15, -0.1) is 5.10 Å². The molecule has 0 amide bonds. The maximum absolute atomic E-state index is 12.4. The van der Waals surface area contributed by atoms with Crippen molar-refractivity contribution in [3.05, 3.63) is 35.2 Å². The summed E-state index contributed by atoms with van der Waals surface area (Å²) in [6.07, 6.45) is 0.820. The van der Waals surface area contributed by atoms with Crippen molar-refractivity contribution in [1.82, 2.24) is 15.2 Å². The van der Waals surface area contributed by atoms with Gasteiger partial charge in [0.25, 0.3) is 16.0 Å². The van der Waals surface area contributed by atoms with E-state index in [0.717, 1.165) is 24.2 Å². The molecule has 0 radical (unpaired) electrons. The first kappa shape index (κ1) is 13.7. The molecule has 0 unspecified atom stereocenters. The molecule has 2 aromatic rings. The van der Waals surface area contributed by atoms with Crippen molar-refractivity contribution in [3.63, 3.8) is 0 Å². The summed E-state index contributed by atoms with van der Waals surface area (Å²) in [7, 11) is -3.71. The summed E-state index contributed by atoms with van der Waals surface area (Å²) in [5, 5.41) is 10.8. The van der Waals surface area contributed by atoms with Crippen LogP contribution in [0.3, 0.4) is 0 Å². The van der Waals surface area contributed by atoms with Crippen molar-refractivity contribution in [1.29, 1.82) is 0 Å². The summed E-state index contributed by atoms with van der Waals surface area (Å²) < 4.78 is 27.1. The summed E-state index contributed by atoms with van der Waals surface area (Å²) in [5.41, 5.74) is 3.29. The zero-order valence-electron chi connectivity index (χ0n) is 11.7. The van der Waals surface area contributed by atoms with Crippen LogP contribution in [0.4, 0.5) is 11.6 Å². The molecule has 0 saturated heterocycles. The van der Waals surface area contributed by atoms with E-state index in [1.54, 1.807) is 32.0 Å². The molecule has 1 aliphatic rings. The third-order valence-corrected chi connectivity index (χ3v) is 4.74. The fraction of sp³-hybridized carbons (Fsp3) is 0.308. The summed E-state index contributed by atoms with van der Waals surface area (Å²) in [6, 6.07) is 5.01. The van der Waals surface area contributed by atoms with Gasteiger partial charge in [0.05, 0.1) is 16.3 Å². The number of benzene rings is 1. The normalized spacial score (nSPS) is 13.6. The maximum Gasteiger partial charge on any atom is 0.264 e. The van der Waals surface area contributed by atoms with Crippen molar-refractivity contribution in [2.45, 2.75) is 25.2 Å². The first-order valence-corrected chi connectivity index (χ1v) is 8.01. The molecule has 3 rings (SSSR count). The van der Waals surface area contributed by atoms with Crippen molar-refractivity contribution >= 4 is 21.7 Å².